The quantitative estimate of drug-likeness (QED) is 0.333. The molecule has 4 aromatic rings. The van der Waals surface area contributed by atoms with Crippen LogP contribution in [0.5, 0.6) is 11.8 Å². The third-order valence-electron chi connectivity index (χ3n) is 9.10. The standard InChI is InChI=1S/C31H33F3N6O2/c1-2-22-24-28(26(34)27(36-22)20-16-19(41)15-18-5-6-21(32)25(33)23(18)20)37-30(38-29(24)39-13-9-35-10-14-39)42-17-31-7-3-11-40(31)12-4-8-31/h5-6,15-16,35,41H,2-4,7-14,17H2,1H3. The van der Waals surface area contributed by atoms with Crippen molar-refractivity contribution in [2.24, 2.45) is 0 Å². The Bertz CT molecular complexity index is 1680. The van der Waals surface area contributed by atoms with Crippen molar-refractivity contribution >= 4 is 27.5 Å². The van der Waals surface area contributed by atoms with Crippen molar-refractivity contribution in [3.05, 3.63) is 47.4 Å². The number of aryl methyl sites for hydroxylation is 1. The summed E-state index contributed by atoms with van der Waals surface area (Å²) in [7, 11) is 0. The van der Waals surface area contributed by atoms with E-state index in [9.17, 15) is 9.50 Å². The Kier molecular flexibility index (Phi) is 6.81. The second-order valence-corrected chi connectivity index (χ2v) is 11.5. The van der Waals surface area contributed by atoms with Gasteiger partial charge in [-0.2, -0.15) is 9.97 Å². The average molecular weight is 579 g/mol. The predicted octanol–water partition coefficient (Wildman–Crippen LogP) is 4.95. The lowest BCUT2D eigenvalue weighted by Crippen LogP contribution is -2.44. The molecule has 3 saturated heterocycles. The van der Waals surface area contributed by atoms with Gasteiger partial charge >= 0.3 is 6.01 Å². The first-order chi connectivity index (χ1) is 20.4. The van der Waals surface area contributed by atoms with Gasteiger partial charge in [0.05, 0.1) is 16.6 Å². The predicted molar refractivity (Wildman–Crippen MR) is 155 cm³/mol. The number of benzene rings is 2. The summed E-state index contributed by atoms with van der Waals surface area (Å²) in [5.41, 5.74) is 0.220. The Labute approximate surface area is 241 Å². The van der Waals surface area contributed by atoms with Gasteiger partial charge in [0.2, 0.25) is 0 Å². The number of pyridine rings is 1. The Morgan fingerprint density at radius 1 is 0.952 bits per heavy atom. The van der Waals surface area contributed by atoms with E-state index in [1.807, 2.05) is 6.92 Å². The number of hydrogen-bond donors (Lipinski definition) is 2. The first kappa shape index (κ1) is 27.2. The molecule has 2 aromatic carbocycles. The lowest BCUT2D eigenvalue weighted by Gasteiger charge is -2.32. The highest BCUT2D eigenvalue weighted by atomic mass is 19.2. The molecule has 11 heteroatoms. The van der Waals surface area contributed by atoms with Gasteiger partial charge in [-0.15, -0.1) is 0 Å². The van der Waals surface area contributed by atoms with Gasteiger partial charge in [0, 0.05) is 37.1 Å². The van der Waals surface area contributed by atoms with Crippen LogP contribution in [0.15, 0.2) is 24.3 Å². The van der Waals surface area contributed by atoms with Crippen molar-refractivity contribution in [1.82, 2.24) is 25.2 Å². The van der Waals surface area contributed by atoms with Gasteiger partial charge in [0.1, 0.15) is 29.4 Å². The molecule has 2 aromatic heterocycles. The zero-order chi connectivity index (χ0) is 29.0. The molecular weight excluding hydrogens is 545 g/mol. The normalized spacial score (nSPS) is 18.7. The summed E-state index contributed by atoms with van der Waals surface area (Å²) in [4.78, 5) is 18.6. The van der Waals surface area contributed by atoms with Gasteiger partial charge in [-0.25, -0.2) is 18.2 Å². The van der Waals surface area contributed by atoms with Gasteiger partial charge in [-0.3, -0.25) is 4.90 Å². The third-order valence-corrected chi connectivity index (χ3v) is 9.10. The molecule has 3 aliphatic rings. The van der Waals surface area contributed by atoms with Crippen molar-refractivity contribution in [2.45, 2.75) is 44.6 Å². The van der Waals surface area contributed by atoms with E-state index >= 15 is 8.78 Å². The summed E-state index contributed by atoms with van der Waals surface area (Å²) < 4.78 is 52.5. The molecule has 42 heavy (non-hydrogen) atoms. The minimum atomic E-state index is -1.13. The zero-order valence-electron chi connectivity index (χ0n) is 23.5. The first-order valence-corrected chi connectivity index (χ1v) is 14.7. The number of phenols is 1. The Morgan fingerprint density at radius 2 is 1.71 bits per heavy atom. The number of rotatable bonds is 6. The van der Waals surface area contributed by atoms with E-state index in [2.05, 4.69) is 25.1 Å². The number of aromatic hydroxyl groups is 1. The number of nitrogens with one attached hydrogen (secondary N) is 1. The van der Waals surface area contributed by atoms with Crippen molar-refractivity contribution in [2.75, 3.05) is 50.8 Å². The van der Waals surface area contributed by atoms with Crippen LogP contribution in [0.4, 0.5) is 19.0 Å². The van der Waals surface area contributed by atoms with Crippen LogP contribution in [-0.2, 0) is 6.42 Å². The number of hydrogen-bond acceptors (Lipinski definition) is 8. The molecule has 0 aliphatic carbocycles. The minimum absolute atomic E-state index is 0.0101. The van der Waals surface area contributed by atoms with Crippen LogP contribution in [0.1, 0.15) is 38.3 Å². The van der Waals surface area contributed by atoms with Crippen molar-refractivity contribution in [3.8, 4) is 23.0 Å². The number of aromatic nitrogens is 3. The Hall–Kier alpha value is -3.70. The van der Waals surface area contributed by atoms with E-state index in [1.54, 1.807) is 0 Å². The molecule has 2 N–H and O–H groups in total. The molecule has 220 valence electrons. The molecule has 0 radical (unpaired) electrons. The van der Waals surface area contributed by atoms with E-state index in [4.69, 9.17) is 9.72 Å². The summed E-state index contributed by atoms with van der Waals surface area (Å²) in [5.74, 6) is -2.67. The number of nitrogens with zero attached hydrogens (tertiary/aromatic N) is 5. The maximum Gasteiger partial charge on any atom is 0.319 e. The number of piperazine rings is 1. The van der Waals surface area contributed by atoms with Crippen LogP contribution in [0.2, 0.25) is 0 Å². The number of anilines is 1. The highest BCUT2D eigenvalue weighted by Gasteiger charge is 2.45. The number of ether oxygens (including phenoxy) is 1. The monoisotopic (exact) mass is 578 g/mol. The highest BCUT2D eigenvalue weighted by molar-refractivity contribution is 6.01. The molecule has 0 atom stereocenters. The maximum absolute atomic E-state index is 16.7. The molecule has 8 nitrogen and oxygen atoms in total. The second-order valence-electron chi connectivity index (χ2n) is 11.5. The summed E-state index contributed by atoms with van der Waals surface area (Å²) in [6, 6.07) is 4.94. The first-order valence-electron chi connectivity index (χ1n) is 14.7. The zero-order valence-corrected chi connectivity index (χ0v) is 23.5. The van der Waals surface area contributed by atoms with Gasteiger partial charge in [-0.05, 0) is 68.8 Å². The fourth-order valence-corrected chi connectivity index (χ4v) is 7.04. The van der Waals surface area contributed by atoms with Crippen LogP contribution in [-0.4, -0.2) is 76.4 Å². The molecule has 0 amide bonds. The summed E-state index contributed by atoms with van der Waals surface area (Å²) in [6.07, 6.45) is 4.73. The van der Waals surface area contributed by atoms with E-state index in [-0.39, 0.29) is 44.8 Å². The van der Waals surface area contributed by atoms with Crippen molar-refractivity contribution in [1.29, 1.82) is 0 Å². The van der Waals surface area contributed by atoms with Crippen molar-refractivity contribution in [3.63, 3.8) is 0 Å². The second kappa shape index (κ2) is 10.5. The minimum Gasteiger partial charge on any atom is -0.508 e. The van der Waals surface area contributed by atoms with Gasteiger partial charge in [0.15, 0.2) is 17.5 Å². The number of fused-ring (bicyclic) bond motifs is 3. The molecule has 0 bridgehead atoms. The molecule has 0 saturated carbocycles. The fraction of sp³-hybridized carbons (Fsp3) is 0.452. The largest absolute Gasteiger partial charge is 0.508 e. The summed E-state index contributed by atoms with van der Waals surface area (Å²) in [6.45, 7) is 7.23. The summed E-state index contributed by atoms with van der Waals surface area (Å²) in [5, 5.41) is 14.3. The van der Waals surface area contributed by atoms with Crippen LogP contribution in [0.25, 0.3) is 32.9 Å². The SMILES string of the molecule is CCc1nc(-c2cc(O)cc3ccc(F)c(F)c23)c(F)c2nc(OCC34CCCN3CCC4)nc(N3CCNCC3)c12. The smallest absolute Gasteiger partial charge is 0.319 e. The van der Waals surface area contributed by atoms with Crippen LogP contribution in [0.3, 0.4) is 0 Å². The summed E-state index contributed by atoms with van der Waals surface area (Å²) >= 11 is 0. The molecule has 3 aliphatic heterocycles. The molecule has 5 heterocycles. The topological polar surface area (TPSA) is 86.6 Å². The van der Waals surface area contributed by atoms with Crippen LogP contribution < -0.4 is 15.0 Å². The van der Waals surface area contributed by atoms with Gasteiger partial charge in [-0.1, -0.05) is 13.0 Å². The third kappa shape index (κ3) is 4.41. The highest BCUT2D eigenvalue weighted by Crippen LogP contribution is 2.41. The fourth-order valence-electron chi connectivity index (χ4n) is 7.04. The Morgan fingerprint density at radius 3 is 2.45 bits per heavy atom. The van der Waals surface area contributed by atoms with E-state index < -0.39 is 17.5 Å². The van der Waals surface area contributed by atoms with Crippen molar-refractivity contribution < 1.29 is 23.0 Å². The molecule has 0 unspecified atom stereocenters. The van der Waals surface area contributed by atoms with E-state index in [1.165, 1.54) is 18.2 Å². The van der Waals surface area contributed by atoms with E-state index in [0.717, 1.165) is 57.9 Å². The van der Waals surface area contributed by atoms with Crippen LogP contribution >= 0.6 is 0 Å². The molecular formula is C31H33F3N6O2. The Balaban J connectivity index is 1.43. The van der Waals surface area contributed by atoms with E-state index in [0.29, 0.717) is 43.0 Å². The molecule has 7 rings (SSSR count). The molecule has 0 spiro atoms. The molecule has 3 fully saturated rings. The number of phenolic OH excluding ortho intramolecular Hbond substituents is 1. The number of halogens is 3. The van der Waals surface area contributed by atoms with Gasteiger partial charge < -0.3 is 20.1 Å². The average Bonchev–Trinajstić information content (AvgIpc) is 3.59. The van der Waals surface area contributed by atoms with Crippen LogP contribution in [0, 0.1) is 17.5 Å². The maximum atomic E-state index is 16.7. The lowest BCUT2D eigenvalue weighted by molar-refractivity contribution is 0.108. The van der Waals surface area contributed by atoms with Gasteiger partial charge in [0.25, 0.3) is 0 Å². The lowest BCUT2D eigenvalue weighted by atomic mass is 9.95.